The summed E-state index contributed by atoms with van der Waals surface area (Å²) in [6, 6.07) is 0. The van der Waals surface area contributed by atoms with E-state index >= 15 is 0 Å². The van der Waals surface area contributed by atoms with Crippen LogP contribution in [0.25, 0.3) is 0 Å². The molecule has 0 aliphatic carbocycles. The minimum Gasteiger partial charge on any atom is -0.549 e. The van der Waals surface area contributed by atoms with Crippen molar-refractivity contribution in [3.63, 3.8) is 0 Å². The molecule has 29 heavy (non-hydrogen) atoms. The van der Waals surface area contributed by atoms with Crippen molar-refractivity contribution in [3.05, 3.63) is 0 Å². The minimum absolute atomic E-state index is 0.0696. The second-order valence-corrected chi connectivity index (χ2v) is 7.13. The van der Waals surface area contributed by atoms with Crippen molar-refractivity contribution in [1.82, 2.24) is 19.6 Å². The number of hydrogen-bond donors (Lipinski definition) is 2. The first-order valence-corrected chi connectivity index (χ1v) is 9.56. The van der Waals surface area contributed by atoms with Crippen molar-refractivity contribution in [3.8, 4) is 0 Å². The van der Waals surface area contributed by atoms with Gasteiger partial charge < -0.3 is 40.5 Å². The fourth-order valence-corrected chi connectivity index (χ4v) is 3.16. The molecule has 0 saturated carbocycles. The van der Waals surface area contributed by atoms with E-state index in [9.17, 15) is 34.8 Å². The van der Waals surface area contributed by atoms with Gasteiger partial charge in [-0.15, -0.1) is 0 Å². The summed E-state index contributed by atoms with van der Waals surface area (Å²) < 4.78 is 0. The third-order valence-electron chi connectivity index (χ3n) is 4.73. The van der Waals surface area contributed by atoms with Gasteiger partial charge in [-0.3, -0.25) is 19.6 Å². The summed E-state index contributed by atoms with van der Waals surface area (Å²) in [6.07, 6.45) is -0.759. The molecular weight excluding hydrogens is 386 g/mol. The number of carbonyl (C=O) groups is 3. The summed E-state index contributed by atoms with van der Waals surface area (Å²) in [6.45, 7) is 2.05. The van der Waals surface area contributed by atoms with Gasteiger partial charge in [0.05, 0.1) is 24.0 Å². The Morgan fingerprint density at radius 1 is 0.690 bits per heavy atom. The fraction of sp³-hybridized carbons (Fsp3) is 0.824. The van der Waals surface area contributed by atoms with Gasteiger partial charge in [0.1, 0.15) is 0 Å². The van der Waals surface area contributed by atoms with Gasteiger partial charge in [-0.1, -0.05) is 0 Å². The summed E-state index contributed by atoms with van der Waals surface area (Å²) in [7, 11) is 0. The van der Waals surface area contributed by atoms with E-state index in [-0.39, 0.29) is 58.9 Å². The highest BCUT2D eigenvalue weighted by Gasteiger charge is 2.18. The second-order valence-electron chi connectivity index (χ2n) is 7.13. The lowest BCUT2D eigenvalue weighted by molar-refractivity contribution is -0.308. The Morgan fingerprint density at radius 2 is 0.966 bits per heavy atom. The monoisotopic (exact) mass is 416 g/mol. The van der Waals surface area contributed by atoms with Crippen LogP contribution in [-0.4, -0.2) is 134 Å². The molecule has 1 unspecified atom stereocenters. The fourth-order valence-electron chi connectivity index (χ4n) is 3.16. The number of β-amino-alcohol motifs (C(OH)–C–C–N with tert-alkyl or cyclic N) is 1. The van der Waals surface area contributed by atoms with Crippen molar-refractivity contribution < 1.29 is 34.8 Å². The highest BCUT2D eigenvalue weighted by atomic mass is 16.4. The first kappa shape index (κ1) is 25.2. The molecule has 0 aromatic heterocycles. The number of aliphatic hydroxyl groups excluding tert-OH is 1. The Labute approximate surface area is 170 Å². The van der Waals surface area contributed by atoms with Gasteiger partial charge in [-0.05, 0) is 0 Å². The Bertz CT molecular complexity index is 504. The molecule has 0 spiro atoms. The molecule has 3 N–H and O–H groups in total. The number of carbonyl (C=O) groups excluding carboxylic acids is 3. The minimum atomic E-state index is -1.27. The van der Waals surface area contributed by atoms with Gasteiger partial charge in [0.15, 0.2) is 0 Å². The highest BCUT2D eigenvalue weighted by Crippen LogP contribution is 2.01. The second kappa shape index (κ2) is 13.4. The predicted octanol–water partition coefficient (Wildman–Crippen LogP) is -7.22. The molecule has 1 aliphatic rings. The van der Waals surface area contributed by atoms with Crippen molar-refractivity contribution in [2.75, 3.05) is 85.1 Å². The summed E-state index contributed by atoms with van der Waals surface area (Å²) in [5.41, 5.74) is 5.47. The SMILES string of the molecule is NCC(O)CN1CCN(CC(=O)[O-])CCN(CC(=O)[O-])CCN(CC(=O)[O-])CC1. The molecule has 1 fully saturated rings. The van der Waals surface area contributed by atoms with Crippen molar-refractivity contribution in [2.24, 2.45) is 5.73 Å². The first-order chi connectivity index (χ1) is 13.7. The lowest BCUT2D eigenvalue weighted by Gasteiger charge is -2.35. The predicted molar refractivity (Wildman–Crippen MR) is 95.8 cm³/mol. The van der Waals surface area contributed by atoms with Gasteiger partial charge in [0, 0.05) is 85.1 Å². The van der Waals surface area contributed by atoms with Gasteiger partial charge in [-0.2, -0.15) is 0 Å². The third-order valence-corrected chi connectivity index (χ3v) is 4.73. The van der Waals surface area contributed by atoms with Crippen LogP contribution in [0, 0.1) is 0 Å². The lowest BCUT2D eigenvalue weighted by Crippen LogP contribution is -2.52. The molecule has 1 heterocycles. The smallest absolute Gasteiger partial charge is 0.0789 e. The average Bonchev–Trinajstić information content (AvgIpc) is 2.62. The number of aliphatic hydroxyl groups is 1. The summed E-state index contributed by atoms with van der Waals surface area (Å²) in [4.78, 5) is 39.8. The molecule has 12 heteroatoms. The molecule has 0 aromatic rings. The highest BCUT2D eigenvalue weighted by molar-refractivity contribution is 5.67. The number of aliphatic carboxylic acids is 3. The zero-order chi connectivity index (χ0) is 21.8. The summed E-state index contributed by atoms with van der Waals surface area (Å²) in [5.74, 6) is -3.74. The van der Waals surface area contributed by atoms with Crippen molar-refractivity contribution in [2.45, 2.75) is 6.10 Å². The zero-order valence-electron chi connectivity index (χ0n) is 16.5. The number of carboxylic acid groups (broad SMARTS) is 3. The van der Waals surface area contributed by atoms with Crippen LogP contribution in [0.2, 0.25) is 0 Å². The maximum Gasteiger partial charge on any atom is 0.0789 e. The van der Waals surface area contributed by atoms with E-state index in [4.69, 9.17) is 5.73 Å². The van der Waals surface area contributed by atoms with Crippen LogP contribution in [0.1, 0.15) is 0 Å². The normalized spacial score (nSPS) is 20.5. The van der Waals surface area contributed by atoms with Crippen molar-refractivity contribution >= 4 is 17.9 Å². The molecule has 0 aromatic carbocycles. The zero-order valence-corrected chi connectivity index (χ0v) is 16.5. The van der Waals surface area contributed by atoms with E-state index in [1.54, 1.807) is 14.7 Å². The van der Waals surface area contributed by atoms with E-state index in [2.05, 4.69) is 0 Å². The van der Waals surface area contributed by atoms with Crippen LogP contribution in [0.15, 0.2) is 0 Å². The largest absolute Gasteiger partial charge is 0.549 e. The Hall–Kier alpha value is -1.83. The summed E-state index contributed by atoms with van der Waals surface area (Å²) >= 11 is 0. The van der Waals surface area contributed by atoms with E-state index in [0.717, 1.165) is 0 Å². The van der Waals surface area contributed by atoms with E-state index in [1.807, 2.05) is 4.90 Å². The molecule has 0 bridgehead atoms. The number of rotatable bonds is 9. The van der Waals surface area contributed by atoms with Gasteiger partial charge in [0.2, 0.25) is 0 Å². The number of nitrogens with zero attached hydrogens (tertiary/aromatic N) is 4. The van der Waals surface area contributed by atoms with Gasteiger partial charge in [0.25, 0.3) is 0 Å². The molecule has 1 rings (SSSR count). The Balaban J connectivity index is 2.91. The standard InChI is InChI=1S/C17H33N5O7/c18-9-14(23)10-19-1-3-20(11-15(24)25)5-7-22(13-17(28)29)8-6-21(4-2-19)12-16(26)27/h14,23H,1-13,18H2,(H,24,25)(H,26,27)(H,28,29)/p-3. The molecule has 1 aliphatic heterocycles. The number of nitrogens with two attached hydrogens (primary N) is 1. The summed E-state index contributed by atoms with van der Waals surface area (Å²) in [5, 5.41) is 43.0. The average molecular weight is 416 g/mol. The van der Waals surface area contributed by atoms with E-state index < -0.39 is 24.0 Å². The Morgan fingerprint density at radius 3 is 1.21 bits per heavy atom. The van der Waals surface area contributed by atoms with Crippen LogP contribution in [0.4, 0.5) is 0 Å². The molecule has 12 nitrogen and oxygen atoms in total. The third kappa shape index (κ3) is 11.7. The van der Waals surface area contributed by atoms with Crippen LogP contribution in [-0.2, 0) is 14.4 Å². The van der Waals surface area contributed by atoms with Crippen LogP contribution in [0.3, 0.4) is 0 Å². The van der Waals surface area contributed by atoms with Gasteiger partial charge in [-0.25, -0.2) is 0 Å². The van der Waals surface area contributed by atoms with Crippen LogP contribution in [0.5, 0.6) is 0 Å². The molecule has 1 saturated heterocycles. The number of hydrogen-bond acceptors (Lipinski definition) is 12. The molecule has 0 radical (unpaired) electrons. The topological polar surface area (TPSA) is 180 Å². The van der Waals surface area contributed by atoms with E-state index in [0.29, 0.717) is 26.2 Å². The molecule has 1 atom stereocenters. The molecule has 168 valence electrons. The van der Waals surface area contributed by atoms with Crippen molar-refractivity contribution in [1.29, 1.82) is 0 Å². The van der Waals surface area contributed by atoms with Crippen LogP contribution >= 0.6 is 0 Å². The number of carboxylic acids is 3. The maximum absolute atomic E-state index is 11.0. The van der Waals surface area contributed by atoms with Gasteiger partial charge >= 0.3 is 0 Å². The molecular formula is C17H30N5O7-3. The lowest BCUT2D eigenvalue weighted by atomic mass is 10.3. The maximum atomic E-state index is 11.0. The Kier molecular flexibility index (Phi) is 11.7. The first-order valence-electron chi connectivity index (χ1n) is 9.56. The molecule has 0 amide bonds. The van der Waals surface area contributed by atoms with E-state index in [1.165, 1.54) is 0 Å². The van der Waals surface area contributed by atoms with Crippen LogP contribution < -0.4 is 21.1 Å². The quantitative estimate of drug-likeness (QED) is 0.363.